The summed E-state index contributed by atoms with van der Waals surface area (Å²) in [5.74, 6) is 0.589. The first-order chi connectivity index (χ1) is 13.7. The number of benzene rings is 2. The number of hydrogen-bond acceptors (Lipinski definition) is 4. The predicted octanol–water partition coefficient (Wildman–Crippen LogP) is 3.86. The Morgan fingerprint density at radius 2 is 1.90 bits per heavy atom. The van der Waals surface area contributed by atoms with Gasteiger partial charge in [-0.1, -0.05) is 32.0 Å². The average Bonchev–Trinajstić information content (AvgIpc) is 2.99. The second kappa shape index (κ2) is 6.99. The van der Waals surface area contributed by atoms with E-state index in [1.54, 1.807) is 24.0 Å². The molecule has 2 heterocycles. The van der Waals surface area contributed by atoms with Gasteiger partial charge in [-0.25, -0.2) is 0 Å². The summed E-state index contributed by atoms with van der Waals surface area (Å²) in [6.07, 6.45) is 0.788. The molecule has 2 aliphatic heterocycles. The van der Waals surface area contributed by atoms with Gasteiger partial charge in [-0.05, 0) is 56.0 Å². The Balaban J connectivity index is 1.77. The van der Waals surface area contributed by atoms with Crippen molar-refractivity contribution in [3.05, 3.63) is 53.6 Å². The zero-order valence-corrected chi connectivity index (χ0v) is 17.9. The van der Waals surface area contributed by atoms with E-state index in [0.717, 1.165) is 17.7 Å². The molecule has 0 spiro atoms. The Kier molecular flexibility index (Phi) is 4.73. The SMILES string of the molecule is CC1=NS(=O)(=O)c2cc(C(=O)N3c4ccccc4C[C@@H]3C)ccc2N1CC(C)C. The van der Waals surface area contributed by atoms with Crippen LogP contribution in [0.25, 0.3) is 0 Å². The zero-order chi connectivity index (χ0) is 20.9. The molecule has 0 saturated carbocycles. The van der Waals surface area contributed by atoms with Gasteiger partial charge in [0.05, 0.1) is 5.69 Å². The molecule has 7 heteroatoms. The van der Waals surface area contributed by atoms with E-state index in [1.807, 2.05) is 36.1 Å². The predicted molar refractivity (Wildman–Crippen MR) is 115 cm³/mol. The Morgan fingerprint density at radius 3 is 2.62 bits per heavy atom. The van der Waals surface area contributed by atoms with Crippen molar-refractivity contribution in [2.45, 2.75) is 45.1 Å². The second-order valence-corrected chi connectivity index (χ2v) is 9.73. The lowest BCUT2D eigenvalue weighted by molar-refractivity contribution is 0.0981. The molecule has 4 rings (SSSR count). The summed E-state index contributed by atoms with van der Waals surface area (Å²) in [4.78, 5) is 17.1. The van der Waals surface area contributed by atoms with E-state index in [2.05, 4.69) is 18.2 Å². The topological polar surface area (TPSA) is 70.0 Å². The highest BCUT2D eigenvalue weighted by atomic mass is 32.2. The van der Waals surface area contributed by atoms with Gasteiger partial charge in [-0.15, -0.1) is 4.40 Å². The molecule has 0 aromatic heterocycles. The number of fused-ring (bicyclic) bond motifs is 2. The van der Waals surface area contributed by atoms with Crippen LogP contribution in [-0.4, -0.2) is 32.7 Å². The average molecular weight is 412 g/mol. The fourth-order valence-corrected chi connectivity index (χ4v) is 5.40. The van der Waals surface area contributed by atoms with E-state index in [1.165, 1.54) is 6.07 Å². The number of carbonyl (C=O) groups excluding carboxylic acids is 1. The molecule has 0 bridgehead atoms. The molecule has 0 saturated heterocycles. The van der Waals surface area contributed by atoms with Crippen molar-refractivity contribution >= 4 is 33.1 Å². The summed E-state index contributed by atoms with van der Waals surface area (Å²) in [6.45, 7) is 8.50. The summed E-state index contributed by atoms with van der Waals surface area (Å²) >= 11 is 0. The molecule has 1 atom stereocenters. The third-order valence-corrected chi connectivity index (χ3v) is 6.78. The lowest BCUT2D eigenvalue weighted by Crippen LogP contribution is -2.38. The first kappa shape index (κ1) is 19.6. The standard InChI is InChI=1S/C22H25N3O3S/c1-14(2)13-24-16(4)23-29(27,28)21-12-18(9-10-20(21)24)22(26)25-15(3)11-17-7-5-6-8-19(17)25/h5-10,12,14-15H,11,13H2,1-4H3/t15-/m0/s1. The lowest BCUT2D eigenvalue weighted by atomic mass is 10.1. The summed E-state index contributed by atoms with van der Waals surface area (Å²) in [5.41, 5.74) is 2.95. The minimum Gasteiger partial charge on any atom is -0.328 e. The van der Waals surface area contributed by atoms with Gasteiger partial charge in [0.15, 0.2) is 0 Å². The van der Waals surface area contributed by atoms with Crippen LogP contribution in [0.3, 0.4) is 0 Å². The molecule has 0 radical (unpaired) electrons. The van der Waals surface area contributed by atoms with E-state index in [0.29, 0.717) is 29.5 Å². The van der Waals surface area contributed by atoms with Crippen LogP contribution >= 0.6 is 0 Å². The van der Waals surface area contributed by atoms with Crippen LogP contribution in [0, 0.1) is 5.92 Å². The number of hydrogen-bond donors (Lipinski definition) is 0. The molecule has 0 N–H and O–H groups in total. The minimum atomic E-state index is -3.84. The van der Waals surface area contributed by atoms with Crippen molar-refractivity contribution in [2.24, 2.45) is 10.3 Å². The molecular weight excluding hydrogens is 386 g/mol. The van der Waals surface area contributed by atoms with Crippen molar-refractivity contribution in [3.63, 3.8) is 0 Å². The first-order valence-corrected chi connectivity index (χ1v) is 11.3. The monoisotopic (exact) mass is 411 g/mol. The van der Waals surface area contributed by atoms with Crippen molar-refractivity contribution in [1.29, 1.82) is 0 Å². The van der Waals surface area contributed by atoms with E-state index >= 15 is 0 Å². The molecule has 2 aromatic carbocycles. The van der Waals surface area contributed by atoms with Crippen LogP contribution in [0.5, 0.6) is 0 Å². The number of anilines is 2. The van der Waals surface area contributed by atoms with Crippen molar-refractivity contribution in [3.8, 4) is 0 Å². The van der Waals surface area contributed by atoms with Crippen molar-refractivity contribution in [2.75, 3.05) is 16.3 Å². The molecule has 2 aliphatic rings. The summed E-state index contributed by atoms with van der Waals surface area (Å²) in [5, 5.41) is 0. The Hall–Kier alpha value is -2.67. The van der Waals surface area contributed by atoms with Gasteiger partial charge in [0.25, 0.3) is 15.9 Å². The van der Waals surface area contributed by atoms with Crippen molar-refractivity contribution in [1.82, 2.24) is 0 Å². The van der Waals surface area contributed by atoms with E-state index < -0.39 is 10.0 Å². The van der Waals surface area contributed by atoms with Crippen molar-refractivity contribution < 1.29 is 13.2 Å². The smallest absolute Gasteiger partial charge is 0.286 e. The normalized spacial score (nSPS) is 19.8. The molecule has 0 aliphatic carbocycles. The van der Waals surface area contributed by atoms with Crippen LogP contribution in [0.1, 0.15) is 43.6 Å². The largest absolute Gasteiger partial charge is 0.328 e. The lowest BCUT2D eigenvalue weighted by Gasteiger charge is -2.31. The quantitative estimate of drug-likeness (QED) is 0.769. The maximum Gasteiger partial charge on any atom is 0.286 e. The van der Waals surface area contributed by atoms with Crippen LogP contribution in [0.15, 0.2) is 51.8 Å². The molecule has 152 valence electrons. The highest BCUT2D eigenvalue weighted by Crippen LogP contribution is 2.36. The van der Waals surface area contributed by atoms with Gasteiger partial charge in [-0.3, -0.25) is 4.79 Å². The molecule has 0 fully saturated rings. The van der Waals surface area contributed by atoms with Gasteiger partial charge in [-0.2, -0.15) is 8.42 Å². The van der Waals surface area contributed by atoms with Gasteiger partial charge < -0.3 is 9.80 Å². The van der Waals surface area contributed by atoms with Crippen LogP contribution < -0.4 is 9.80 Å². The van der Waals surface area contributed by atoms with E-state index in [9.17, 15) is 13.2 Å². The van der Waals surface area contributed by atoms with Crippen LogP contribution in [0.2, 0.25) is 0 Å². The van der Waals surface area contributed by atoms with Gasteiger partial charge in [0, 0.05) is 23.8 Å². The number of amides is 1. The number of carbonyl (C=O) groups is 1. The second-order valence-electron chi connectivity index (χ2n) is 8.16. The molecule has 6 nitrogen and oxygen atoms in total. The number of nitrogens with zero attached hydrogens (tertiary/aromatic N) is 3. The third-order valence-electron chi connectivity index (χ3n) is 5.39. The molecule has 1 amide bonds. The molecule has 2 aromatic rings. The molecule has 29 heavy (non-hydrogen) atoms. The fourth-order valence-electron chi connectivity index (χ4n) is 4.13. The fraction of sp³-hybridized carbons (Fsp3) is 0.364. The summed E-state index contributed by atoms with van der Waals surface area (Å²) in [7, 11) is -3.84. The van der Waals surface area contributed by atoms with E-state index in [4.69, 9.17) is 0 Å². The Labute approximate surface area is 171 Å². The van der Waals surface area contributed by atoms with E-state index in [-0.39, 0.29) is 16.8 Å². The summed E-state index contributed by atoms with van der Waals surface area (Å²) < 4.78 is 29.4. The maximum absolute atomic E-state index is 13.3. The maximum atomic E-state index is 13.3. The Morgan fingerprint density at radius 1 is 1.17 bits per heavy atom. The van der Waals surface area contributed by atoms with Crippen LogP contribution in [-0.2, 0) is 16.4 Å². The number of sulfonamides is 1. The van der Waals surface area contributed by atoms with Gasteiger partial charge >= 0.3 is 0 Å². The number of amidine groups is 1. The number of para-hydroxylation sites is 1. The highest BCUT2D eigenvalue weighted by molar-refractivity contribution is 7.90. The Bertz CT molecular complexity index is 1120. The first-order valence-electron chi connectivity index (χ1n) is 9.83. The number of rotatable bonds is 3. The molecular formula is C22H25N3O3S. The summed E-state index contributed by atoms with van der Waals surface area (Å²) in [6, 6.07) is 12.8. The third kappa shape index (κ3) is 3.33. The molecule has 0 unspecified atom stereocenters. The minimum absolute atomic E-state index is 0.0187. The van der Waals surface area contributed by atoms with Crippen LogP contribution in [0.4, 0.5) is 11.4 Å². The highest BCUT2D eigenvalue weighted by Gasteiger charge is 2.34. The van der Waals surface area contributed by atoms with Gasteiger partial charge in [0.1, 0.15) is 10.7 Å². The zero-order valence-electron chi connectivity index (χ0n) is 17.1. The van der Waals surface area contributed by atoms with Gasteiger partial charge in [0.2, 0.25) is 0 Å².